The average Bonchev–Trinajstić information content (AvgIpc) is 2.11. The summed E-state index contributed by atoms with van der Waals surface area (Å²) in [5, 5.41) is 9.63. The molecule has 12 heavy (non-hydrogen) atoms. The summed E-state index contributed by atoms with van der Waals surface area (Å²) in [4.78, 5) is 0. The Morgan fingerprint density at radius 3 is 2.17 bits per heavy atom. The van der Waals surface area contributed by atoms with Gasteiger partial charge in [-0.25, -0.2) is 0 Å². The minimum absolute atomic E-state index is 0.403. The molecule has 0 aromatic rings. The van der Waals surface area contributed by atoms with E-state index >= 15 is 0 Å². The fourth-order valence-electron chi connectivity index (χ4n) is 1.39. The Balaban J connectivity index is 3.84. The van der Waals surface area contributed by atoms with Crippen LogP contribution in [-0.2, 0) is 0 Å². The van der Waals surface area contributed by atoms with Crippen molar-refractivity contribution in [1.29, 1.82) is 0 Å². The van der Waals surface area contributed by atoms with Crippen LogP contribution in [0, 0.1) is 6.54 Å². The van der Waals surface area contributed by atoms with Crippen molar-refractivity contribution in [3.63, 3.8) is 0 Å². The van der Waals surface area contributed by atoms with Gasteiger partial charge in [0, 0.05) is 18.6 Å². The largest absolute Gasteiger partial charge is 0.315 e. The van der Waals surface area contributed by atoms with Gasteiger partial charge in [0.2, 0.25) is 0 Å². The molecular weight excluding hydrogens is 150 g/mol. The zero-order valence-corrected chi connectivity index (χ0v) is 8.65. The van der Waals surface area contributed by atoms with E-state index in [4.69, 9.17) is 0 Å². The van der Waals surface area contributed by atoms with E-state index in [1.54, 1.807) is 0 Å². The molecule has 0 aromatic heterocycles. The Bertz CT molecular complexity index is 83.8. The molecule has 0 aliphatic rings. The van der Waals surface area contributed by atoms with E-state index in [0.29, 0.717) is 12.1 Å². The summed E-state index contributed by atoms with van der Waals surface area (Å²) in [7, 11) is 5.93. The first kappa shape index (κ1) is 11.9. The minimum Gasteiger partial charge on any atom is -0.315 e. The number of likely N-dealkylation sites (N-methyl/N-ethyl adjacent to an activating group) is 3. The SMILES string of the molecule is CCCC(NC)C([CH]NC)NC. The Morgan fingerprint density at radius 2 is 1.83 bits per heavy atom. The van der Waals surface area contributed by atoms with E-state index in [-0.39, 0.29) is 0 Å². The molecule has 3 heteroatoms. The molecule has 0 heterocycles. The lowest BCUT2D eigenvalue weighted by atomic mass is 10.0. The van der Waals surface area contributed by atoms with E-state index < -0.39 is 0 Å². The number of rotatable bonds is 7. The Labute approximate surface area is 76.3 Å². The van der Waals surface area contributed by atoms with Crippen LogP contribution in [-0.4, -0.2) is 33.2 Å². The normalized spacial score (nSPS) is 16.0. The molecule has 0 aliphatic carbocycles. The van der Waals surface area contributed by atoms with Gasteiger partial charge in [0.05, 0.1) is 0 Å². The highest BCUT2D eigenvalue weighted by Gasteiger charge is 2.16. The van der Waals surface area contributed by atoms with Crippen molar-refractivity contribution in [1.82, 2.24) is 16.0 Å². The van der Waals surface area contributed by atoms with Crippen LogP contribution >= 0.6 is 0 Å². The third-order valence-electron chi connectivity index (χ3n) is 2.08. The van der Waals surface area contributed by atoms with Gasteiger partial charge in [0.1, 0.15) is 0 Å². The molecule has 0 spiro atoms. The number of hydrogen-bond acceptors (Lipinski definition) is 3. The van der Waals surface area contributed by atoms with E-state index in [9.17, 15) is 0 Å². The van der Waals surface area contributed by atoms with Crippen molar-refractivity contribution in [2.24, 2.45) is 0 Å². The van der Waals surface area contributed by atoms with Crippen LogP contribution in [0.15, 0.2) is 0 Å². The fraction of sp³-hybridized carbons (Fsp3) is 0.889. The third kappa shape index (κ3) is 4.04. The van der Waals surface area contributed by atoms with Crippen LogP contribution in [0.1, 0.15) is 19.8 Å². The van der Waals surface area contributed by atoms with Crippen LogP contribution in [0.25, 0.3) is 0 Å². The summed E-state index contributed by atoms with van der Waals surface area (Å²) in [6.07, 6.45) is 2.40. The van der Waals surface area contributed by atoms with Gasteiger partial charge in [-0.15, -0.1) is 0 Å². The third-order valence-corrected chi connectivity index (χ3v) is 2.08. The minimum atomic E-state index is 0.403. The van der Waals surface area contributed by atoms with Gasteiger partial charge in [-0.05, 0) is 27.6 Å². The molecule has 3 nitrogen and oxygen atoms in total. The molecular formula is C9H22N3. The lowest BCUT2D eigenvalue weighted by Crippen LogP contribution is -2.47. The van der Waals surface area contributed by atoms with E-state index in [1.807, 2.05) is 21.1 Å². The second kappa shape index (κ2) is 7.53. The molecule has 0 amide bonds. The fourth-order valence-corrected chi connectivity index (χ4v) is 1.39. The van der Waals surface area contributed by atoms with Crippen molar-refractivity contribution in [2.45, 2.75) is 31.8 Å². The Morgan fingerprint density at radius 1 is 1.17 bits per heavy atom. The molecule has 0 rings (SSSR count). The lowest BCUT2D eigenvalue weighted by molar-refractivity contribution is 0.406. The quantitative estimate of drug-likeness (QED) is 0.518. The first-order valence-corrected chi connectivity index (χ1v) is 4.65. The lowest BCUT2D eigenvalue weighted by Gasteiger charge is -2.25. The van der Waals surface area contributed by atoms with E-state index in [1.165, 1.54) is 12.8 Å². The summed E-state index contributed by atoms with van der Waals surface area (Å²) in [5.41, 5.74) is 0. The maximum atomic E-state index is 3.31. The van der Waals surface area contributed by atoms with Crippen LogP contribution in [0.4, 0.5) is 0 Å². The Kier molecular flexibility index (Phi) is 7.45. The standard InChI is InChI=1S/C9H22N3/c1-5-6-8(11-3)9(12-4)7-10-2/h7-12H,5-6H2,1-4H3. The molecule has 1 radical (unpaired) electrons. The summed E-state index contributed by atoms with van der Waals surface area (Å²) in [6, 6.07) is 0.924. The first-order chi connectivity index (χ1) is 5.79. The summed E-state index contributed by atoms with van der Waals surface area (Å²) >= 11 is 0. The zero-order chi connectivity index (χ0) is 9.40. The summed E-state index contributed by atoms with van der Waals surface area (Å²) in [6.45, 7) is 4.28. The molecule has 2 unspecified atom stereocenters. The smallest absolute Gasteiger partial charge is 0.0404 e. The highest BCUT2D eigenvalue weighted by atomic mass is 15.0. The van der Waals surface area contributed by atoms with Gasteiger partial charge in [-0.1, -0.05) is 13.3 Å². The van der Waals surface area contributed by atoms with Crippen molar-refractivity contribution in [3.05, 3.63) is 6.54 Å². The topological polar surface area (TPSA) is 36.1 Å². The van der Waals surface area contributed by atoms with Gasteiger partial charge in [0.15, 0.2) is 0 Å². The molecule has 0 saturated heterocycles. The van der Waals surface area contributed by atoms with Crippen LogP contribution in [0.3, 0.4) is 0 Å². The van der Waals surface area contributed by atoms with Crippen molar-refractivity contribution in [3.8, 4) is 0 Å². The summed E-state index contributed by atoms with van der Waals surface area (Å²) < 4.78 is 0. The highest BCUT2D eigenvalue weighted by molar-refractivity contribution is 4.88. The van der Waals surface area contributed by atoms with Crippen molar-refractivity contribution >= 4 is 0 Å². The molecule has 0 fully saturated rings. The highest BCUT2D eigenvalue weighted by Crippen LogP contribution is 2.02. The van der Waals surface area contributed by atoms with Gasteiger partial charge in [-0.2, -0.15) is 0 Å². The maximum Gasteiger partial charge on any atom is 0.0404 e. The van der Waals surface area contributed by atoms with Crippen molar-refractivity contribution < 1.29 is 0 Å². The van der Waals surface area contributed by atoms with Crippen LogP contribution in [0.5, 0.6) is 0 Å². The predicted molar refractivity (Wildman–Crippen MR) is 54.0 cm³/mol. The molecule has 0 bridgehead atoms. The van der Waals surface area contributed by atoms with Crippen molar-refractivity contribution in [2.75, 3.05) is 21.1 Å². The zero-order valence-electron chi connectivity index (χ0n) is 8.65. The summed E-state index contributed by atoms with van der Waals surface area (Å²) in [5.74, 6) is 0. The second-order valence-corrected chi connectivity index (χ2v) is 2.95. The van der Waals surface area contributed by atoms with E-state index in [2.05, 4.69) is 29.4 Å². The van der Waals surface area contributed by atoms with Gasteiger partial charge in [-0.3, -0.25) is 0 Å². The average molecular weight is 172 g/mol. The molecule has 0 saturated carbocycles. The monoisotopic (exact) mass is 172 g/mol. The molecule has 73 valence electrons. The molecule has 2 atom stereocenters. The predicted octanol–water partition coefficient (Wildman–Crippen LogP) is 0.344. The maximum absolute atomic E-state index is 3.31. The van der Waals surface area contributed by atoms with Gasteiger partial charge in [0.25, 0.3) is 0 Å². The van der Waals surface area contributed by atoms with Gasteiger partial charge < -0.3 is 16.0 Å². The molecule has 0 aromatic carbocycles. The first-order valence-electron chi connectivity index (χ1n) is 4.65. The Hall–Kier alpha value is -0.120. The number of hydrogen-bond donors (Lipinski definition) is 3. The molecule has 3 N–H and O–H groups in total. The second-order valence-electron chi connectivity index (χ2n) is 2.95. The van der Waals surface area contributed by atoms with E-state index in [0.717, 1.165) is 0 Å². The van der Waals surface area contributed by atoms with Crippen LogP contribution in [0.2, 0.25) is 0 Å². The van der Waals surface area contributed by atoms with Gasteiger partial charge >= 0.3 is 0 Å². The van der Waals surface area contributed by atoms with Crippen LogP contribution < -0.4 is 16.0 Å². The number of nitrogens with one attached hydrogen (secondary N) is 3. The molecule has 0 aliphatic heterocycles.